The predicted molar refractivity (Wildman–Crippen MR) is 115 cm³/mol. The number of imide groups is 1. The Morgan fingerprint density at radius 1 is 1.24 bits per heavy atom. The Balaban J connectivity index is 1.71. The second-order valence-corrected chi connectivity index (χ2v) is 7.25. The molecule has 0 aliphatic carbocycles. The molecule has 2 heterocycles. The van der Waals surface area contributed by atoms with Gasteiger partial charge in [-0.3, -0.25) is 9.69 Å². The Kier molecular flexibility index (Phi) is 7.39. The molecule has 1 aliphatic rings. The van der Waals surface area contributed by atoms with Gasteiger partial charge < -0.3 is 23.9 Å². The maximum atomic E-state index is 12.7. The van der Waals surface area contributed by atoms with E-state index in [4.69, 9.17) is 25.5 Å². The third kappa shape index (κ3) is 5.53. The van der Waals surface area contributed by atoms with E-state index in [1.807, 2.05) is 0 Å². The van der Waals surface area contributed by atoms with Crippen molar-refractivity contribution >= 4 is 41.6 Å². The monoisotopic (exact) mass is 476 g/mol. The van der Waals surface area contributed by atoms with Crippen LogP contribution in [-0.4, -0.2) is 48.6 Å². The van der Waals surface area contributed by atoms with Crippen LogP contribution in [0.2, 0.25) is 5.02 Å². The topological polar surface area (TPSA) is 124 Å². The number of halogens is 1. The van der Waals surface area contributed by atoms with Crippen LogP contribution in [0, 0.1) is 0 Å². The molecule has 1 aromatic carbocycles. The summed E-state index contributed by atoms with van der Waals surface area (Å²) in [6.07, 6.45) is 0.601. The van der Waals surface area contributed by atoms with Crippen molar-refractivity contribution in [1.82, 2.24) is 10.2 Å². The van der Waals surface area contributed by atoms with Crippen molar-refractivity contribution in [3.63, 3.8) is 0 Å². The number of methoxy groups -OCH3 is 1. The van der Waals surface area contributed by atoms with E-state index in [1.165, 1.54) is 31.4 Å². The zero-order valence-electron chi connectivity index (χ0n) is 18.0. The Morgan fingerprint density at radius 3 is 2.67 bits per heavy atom. The van der Waals surface area contributed by atoms with Gasteiger partial charge in [0.15, 0.2) is 6.10 Å². The van der Waals surface area contributed by atoms with Gasteiger partial charge in [-0.2, -0.15) is 0 Å². The van der Waals surface area contributed by atoms with Crippen LogP contribution in [0.1, 0.15) is 35.7 Å². The van der Waals surface area contributed by atoms with Crippen LogP contribution in [0.3, 0.4) is 0 Å². The number of furan rings is 1. The molecule has 0 radical (unpaired) electrons. The largest absolute Gasteiger partial charge is 0.477 e. The molecule has 10 nitrogen and oxygen atoms in total. The molecule has 1 atom stereocenters. The van der Waals surface area contributed by atoms with Gasteiger partial charge in [0.1, 0.15) is 17.2 Å². The van der Waals surface area contributed by atoms with E-state index in [9.17, 15) is 19.2 Å². The summed E-state index contributed by atoms with van der Waals surface area (Å²) in [6.45, 7) is 3.30. The number of esters is 2. The first-order valence-electron chi connectivity index (χ1n) is 9.87. The van der Waals surface area contributed by atoms with Gasteiger partial charge in [-0.1, -0.05) is 17.7 Å². The Labute approximate surface area is 194 Å². The van der Waals surface area contributed by atoms with E-state index in [0.29, 0.717) is 5.56 Å². The minimum Gasteiger partial charge on any atom is -0.477 e. The first-order valence-corrected chi connectivity index (χ1v) is 10.3. The van der Waals surface area contributed by atoms with Gasteiger partial charge in [-0.05, 0) is 49.8 Å². The van der Waals surface area contributed by atoms with Gasteiger partial charge in [0.05, 0.1) is 25.3 Å². The van der Waals surface area contributed by atoms with Crippen LogP contribution in [0.5, 0.6) is 5.75 Å². The fourth-order valence-corrected chi connectivity index (χ4v) is 3.15. The standard InChI is InChI=1S/C22H21ClN2O8/c1-4-31-20(27)12(2)32-17-7-5-13(9-15(17)23)10-16-19(26)25(22(29)24-16)11-14-6-8-18(33-14)21(28)30-3/h5-10,12H,4,11H2,1-3H3,(H,24,29)/b16-10-/t12-/m0/s1. The molecule has 1 aromatic heterocycles. The molecular formula is C22H21ClN2O8. The van der Waals surface area contributed by atoms with Crippen LogP contribution >= 0.6 is 11.6 Å². The number of ether oxygens (including phenoxy) is 3. The highest BCUT2D eigenvalue weighted by atomic mass is 35.5. The zero-order valence-corrected chi connectivity index (χ0v) is 18.8. The van der Waals surface area contributed by atoms with Crippen molar-refractivity contribution in [1.29, 1.82) is 0 Å². The van der Waals surface area contributed by atoms with E-state index in [-0.39, 0.29) is 41.1 Å². The second kappa shape index (κ2) is 10.2. The lowest BCUT2D eigenvalue weighted by Gasteiger charge is -2.14. The van der Waals surface area contributed by atoms with E-state index in [0.717, 1.165) is 4.90 Å². The van der Waals surface area contributed by atoms with Crippen molar-refractivity contribution in [3.05, 3.63) is 58.1 Å². The number of nitrogens with one attached hydrogen (secondary N) is 1. The van der Waals surface area contributed by atoms with Crippen molar-refractivity contribution in [2.24, 2.45) is 0 Å². The summed E-state index contributed by atoms with van der Waals surface area (Å²) in [6, 6.07) is 6.91. The Hall–Kier alpha value is -3.79. The number of amides is 3. The number of hydrogen-bond donors (Lipinski definition) is 1. The third-order valence-electron chi connectivity index (χ3n) is 4.51. The minimum absolute atomic E-state index is 0.0318. The van der Waals surface area contributed by atoms with E-state index in [1.54, 1.807) is 26.0 Å². The highest BCUT2D eigenvalue weighted by molar-refractivity contribution is 6.32. The van der Waals surface area contributed by atoms with Gasteiger partial charge in [0, 0.05) is 0 Å². The summed E-state index contributed by atoms with van der Waals surface area (Å²) in [5.74, 6) is -1.30. The van der Waals surface area contributed by atoms with Crippen LogP contribution in [0.4, 0.5) is 4.79 Å². The van der Waals surface area contributed by atoms with Crippen molar-refractivity contribution in [2.75, 3.05) is 13.7 Å². The molecule has 0 spiro atoms. The third-order valence-corrected chi connectivity index (χ3v) is 4.81. The Morgan fingerprint density at radius 2 is 2.00 bits per heavy atom. The molecule has 0 saturated carbocycles. The first-order chi connectivity index (χ1) is 15.7. The van der Waals surface area contributed by atoms with E-state index in [2.05, 4.69) is 10.1 Å². The summed E-state index contributed by atoms with van der Waals surface area (Å²) >= 11 is 6.24. The van der Waals surface area contributed by atoms with Gasteiger partial charge in [-0.15, -0.1) is 0 Å². The number of carbonyl (C=O) groups excluding carboxylic acids is 4. The number of hydrogen-bond acceptors (Lipinski definition) is 8. The smallest absolute Gasteiger partial charge is 0.373 e. The quantitative estimate of drug-likeness (QED) is 0.350. The molecule has 1 saturated heterocycles. The number of rotatable bonds is 8. The lowest BCUT2D eigenvalue weighted by molar-refractivity contribution is -0.150. The van der Waals surface area contributed by atoms with Gasteiger partial charge in [0.25, 0.3) is 5.91 Å². The summed E-state index contributed by atoms with van der Waals surface area (Å²) < 4.78 is 20.3. The first kappa shape index (κ1) is 23.9. The average Bonchev–Trinajstić information content (AvgIpc) is 3.35. The predicted octanol–water partition coefficient (Wildman–Crippen LogP) is 3.14. The van der Waals surface area contributed by atoms with Crippen molar-refractivity contribution in [3.8, 4) is 5.75 Å². The highest BCUT2D eigenvalue weighted by Crippen LogP contribution is 2.28. The Bertz CT molecular complexity index is 1120. The molecule has 11 heteroatoms. The van der Waals surface area contributed by atoms with Gasteiger partial charge in [0.2, 0.25) is 5.76 Å². The second-order valence-electron chi connectivity index (χ2n) is 6.84. The average molecular weight is 477 g/mol. The highest BCUT2D eigenvalue weighted by Gasteiger charge is 2.34. The molecule has 33 heavy (non-hydrogen) atoms. The fourth-order valence-electron chi connectivity index (χ4n) is 2.91. The van der Waals surface area contributed by atoms with Gasteiger partial charge in [-0.25, -0.2) is 14.4 Å². The zero-order chi connectivity index (χ0) is 24.1. The SMILES string of the molecule is CCOC(=O)[C@H](C)Oc1ccc(/C=C2\NC(=O)N(Cc3ccc(C(=O)OC)o3)C2=O)cc1Cl. The number of nitrogens with zero attached hydrogens (tertiary/aromatic N) is 1. The van der Waals surface area contributed by atoms with Gasteiger partial charge >= 0.3 is 18.0 Å². The molecule has 2 aromatic rings. The van der Waals surface area contributed by atoms with Crippen LogP contribution in [0.25, 0.3) is 6.08 Å². The molecule has 174 valence electrons. The van der Waals surface area contributed by atoms with Crippen molar-refractivity contribution in [2.45, 2.75) is 26.5 Å². The van der Waals surface area contributed by atoms with Crippen LogP contribution in [0.15, 0.2) is 40.4 Å². The fraction of sp³-hybridized carbons (Fsp3) is 0.273. The summed E-state index contributed by atoms with van der Waals surface area (Å²) in [5, 5.41) is 2.70. The summed E-state index contributed by atoms with van der Waals surface area (Å²) in [7, 11) is 1.21. The number of urea groups is 1. The lowest BCUT2D eigenvalue weighted by Crippen LogP contribution is -2.30. The van der Waals surface area contributed by atoms with Crippen LogP contribution < -0.4 is 10.1 Å². The number of benzene rings is 1. The lowest BCUT2D eigenvalue weighted by atomic mass is 10.2. The summed E-state index contributed by atoms with van der Waals surface area (Å²) in [5.41, 5.74) is 0.553. The number of carbonyl (C=O) groups is 4. The minimum atomic E-state index is -0.850. The maximum absolute atomic E-state index is 12.7. The molecule has 1 fully saturated rings. The molecule has 1 aliphatic heterocycles. The van der Waals surface area contributed by atoms with E-state index >= 15 is 0 Å². The summed E-state index contributed by atoms with van der Waals surface area (Å²) in [4.78, 5) is 49.1. The maximum Gasteiger partial charge on any atom is 0.373 e. The molecule has 3 rings (SSSR count). The van der Waals surface area contributed by atoms with E-state index < -0.39 is 30.0 Å². The van der Waals surface area contributed by atoms with Crippen molar-refractivity contribution < 1.29 is 37.8 Å². The molecule has 1 N–H and O–H groups in total. The molecule has 0 bridgehead atoms. The molecule has 3 amide bonds. The normalized spacial score (nSPS) is 15.4. The molecule has 0 unspecified atom stereocenters. The van der Waals surface area contributed by atoms with Crippen LogP contribution in [-0.2, 0) is 25.6 Å². The molecular weight excluding hydrogens is 456 g/mol.